The number of amides is 1. The topological polar surface area (TPSA) is 102 Å². The number of ether oxygens (including phenoxy) is 2. The molecule has 3 aromatic rings. The first-order valence-electron chi connectivity index (χ1n) is 9.41. The molecule has 1 unspecified atom stereocenters. The number of carbonyl (C=O) groups is 2. The van der Waals surface area contributed by atoms with Crippen molar-refractivity contribution in [2.24, 2.45) is 0 Å². The molecule has 0 aliphatic carbocycles. The van der Waals surface area contributed by atoms with Crippen LogP contribution in [0, 0.1) is 0 Å². The number of rotatable bonds is 5. The monoisotopic (exact) mass is 417 g/mol. The highest BCUT2D eigenvalue weighted by atomic mass is 16.5. The summed E-state index contributed by atoms with van der Waals surface area (Å²) in [5.74, 6) is -0.642. The van der Waals surface area contributed by atoms with Gasteiger partial charge in [0, 0.05) is 18.0 Å². The van der Waals surface area contributed by atoms with Crippen LogP contribution in [0.2, 0.25) is 0 Å². The van der Waals surface area contributed by atoms with Crippen LogP contribution in [0.4, 0.5) is 5.95 Å². The van der Waals surface area contributed by atoms with Crippen molar-refractivity contribution in [1.29, 1.82) is 0 Å². The minimum absolute atomic E-state index is 0.0483. The van der Waals surface area contributed by atoms with Gasteiger partial charge in [-0.25, -0.2) is 9.97 Å². The third-order valence-corrected chi connectivity index (χ3v) is 5.01. The van der Waals surface area contributed by atoms with E-state index in [1.165, 1.54) is 24.4 Å². The highest BCUT2D eigenvalue weighted by Gasteiger charge is 2.48. The number of ketones is 1. The van der Waals surface area contributed by atoms with E-state index < -0.39 is 17.7 Å². The van der Waals surface area contributed by atoms with Gasteiger partial charge in [0.1, 0.15) is 17.3 Å². The molecule has 0 saturated carbocycles. The lowest BCUT2D eigenvalue weighted by Crippen LogP contribution is -2.31. The number of anilines is 1. The molecule has 1 saturated heterocycles. The Kier molecular flexibility index (Phi) is 5.36. The lowest BCUT2D eigenvalue weighted by Gasteiger charge is -2.23. The van der Waals surface area contributed by atoms with Gasteiger partial charge < -0.3 is 14.6 Å². The molecular weight excluding hydrogens is 398 g/mol. The maximum atomic E-state index is 13.0. The minimum Gasteiger partial charge on any atom is -0.507 e. The Morgan fingerprint density at radius 3 is 2.00 bits per heavy atom. The van der Waals surface area contributed by atoms with E-state index in [1.807, 2.05) is 0 Å². The summed E-state index contributed by atoms with van der Waals surface area (Å²) in [7, 11) is 3.08. The smallest absolute Gasteiger partial charge is 0.302 e. The highest BCUT2D eigenvalue weighted by Crippen LogP contribution is 2.41. The summed E-state index contributed by atoms with van der Waals surface area (Å²) in [5, 5.41) is 11.0. The van der Waals surface area contributed by atoms with E-state index in [2.05, 4.69) is 9.97 Å². The number of benzene rings is 2. The molecule has 1 amide bonds. The lowest BCUT2D eigenvalue weighted by molar-refractivity contribution is -0.132. The van der Waals surface area contributed by atoms with Crippen molar-refractivity contribution in [1.82, 2.24) is 9.97 Å². The molecule has 2 aromatic carbocycles. The van der Waals surface area contributed by atoms with E-state index in [0.29, 0.717) is 22.6 Å². The number of methoxy groups -OCH3 is 2. The fraction of sp³-hybridized carbons (Fsp3) is 0.130. The molecule has 4 rings (SSSR count). The second-order valence-corrected chi connectivity index (χ2v) is 6.72. The van der Waals surface area contributed by atoms with Gasteiger partial charge in [-0.15, -0.1) is 0 Å². The first-order valence-corrected chi connectivity index (χ1v) is 9.41. The SMILES string of the molecule is COc1ccc(C(O)=C2C(=O)C(=O)N(c3ncccn3)C2c2ccc(OC)cc2)cc1. The molecule has 1 N–H and O–H groups in total. The van der Waals surface area contributed by atoms with Gasteiger partial charge in [0.2, 0.25) is 5.95 Å². The standard InChI is InChI=1S/C23H19N3O5/c1-30-16-8-4-14(5-9-16)19-18(20(27)15-6-10-17(31-2)11-7-15)21(28)22(29)26(19)23-24-12-3-13-25-23/h3-13,19,27H,1-2H3. The molecule has 2 heterocycles. The number of Topliss-reactive ketones (excluding diaryl/α,β-unsaturated/α-hetero) is 1. The zero-order chi connectivity index (χ0) is 22.0. The minimum atomic E-state index is -0.907. The second kappa shape index (κ2) is 8.27. The number of aromatic nitrogens is 2. The largest absolute Gasteiger partial charge is 0.507 e. The Labute approximate surface area is 178 Å². The van der Waals surface area contributed by atoms with Gasteiger partial charge >= 0.3 is 5.91 Å². The number of hydrogen-bond acceptors (Lipinski definition) is 7. The summed E-state index contributed by atoms with van der Waals surface area (Å²) >= 11 is 0. The third-order valence-electron chi connectivity index (χ3n) is 5.01. The third kappa shape index (κ3) is 3.59. The normalized spacial score (nSPS) is 17.6. The number of carbonyl (C=O) groups excluding carboxylic acids is 2. The molecule has 1 aromatic heterocycles. The van der Waals surface area contributed by atoms with Gasteiger partial charge in [-0.1, -0.05) is 12.1 Å². The van der Waals surface area contributed by atoms with E-state index in [4.69, 9.17) is 9.47 Å². The van der Waals surface area contributed by atoms with Gasteiger partial charge in [0.25, 0.3) is 5.78 Å². The molecule has 156 valence electrons. The van der Waals surface area contributed by atoms with E-state index >= 15 is 0 Å². The zero-order valence-corrected chi connectivity index (χ0v) is 16.9. The Morgan fingerprint density at radius 2 is 1.45 bits per heavy atom. The zero-order valence-electron chi connectivity index (χ0n) is 16.9. The van der Waals surface area contributed by atoms with Gasteiger partial charge in [-0.3, -0.25) is 14.5 Å². The Balaban J connectivity index is 1.90. The summed E-state index contributed by atoms with van der Waals surface area (Å²) in [6.07, 6.45) is 2.96. The summed E-state index contributed by atoms with van der Waals surface area (Å²) in [6, 6.07) is 14.1. The maximum Gasteiger partial charge on any atom is 0.302 e. The Morgan fingerprint density at radius 1 is 0.903 bits per heavy atom. The van der Waals surface area contributed by atoms with Crippen LogP contribution >= 0.6 is 0 Å². The fourth-order valence-corrected chi connectivity index (χ4v) is 3.46. The highest BCUT2D eigenvalue weighted by molar-refractivity contribution is 6.51. The summed E-state index contributed by atoms with van der Waals surface area (Å²) in [5.41, 5.74) is 0.932. The first kappa shape index (κ1) is 20.1. The summed E-state index contributed by atoms with van der Waals surface area (Å²) in [4.78, 5) is 35.5. The molecule has 8 nitrogen and oxygen atoms in total. The van der Waals surface area contributed by atoms with Crippen molar-refractivity contribution in [3.63, 3.8) is 0 Å². The summed E-state index contributed by atoms with van der Waals surface area (Å²) < 4.78 is 10.3. The van der Waals surface area contributed by atoms with Crippen molar-refractivity contribution < 1.29 is 24.2 Å². The van der Waals surface area contributed by atoms with E-state index in [-0.39, 0.29) is 17.3 Å². The molecule has 8 heteroatoms. The predicted molar refractivity (Wildman–Crippen MR) is 113 cm³/mol. The second-order valence-electron chi connectivity index (χ2n) is 6.72. The Hall–Kier alpha value is -4.20. The molecule has 1 fully saturated rings. The van der Waals surface area contributed by atoms with Crippen LogP contribution in [0.1, 0.15) is 17.2 Å². The molecular formula is C23H19N3O5. The van der Waals surface area contributed by atoms with Crippen LogP contribution < -0.4 is 14.4 Å². The molecule has 31 heavy (non-hydrogen) atoms. The molecule has 1 aliphatic rings. The first-order chi connectivity index (χ1) is 15.0. The van der Waals surface area contributed by atoms with Gasteiger partial charge in [0.05, 0.1) is 25.8 Å². The number of hydrogen-bond donors (Lipinski definition) is 1. The summed E-state index contributed by atoms with van der Waals surface area (Å²) in [6.45, 7) is 0. The van der Waals surface area contributed by atoms with Gasteiger partial charge in [-0.05, 0) is 48.0 Å². The lowest BCUT2D eigenvalue weighted by atomic mass is 9.95. The van der Waals surface area contributed by atoms with E-state index in [1.54, 1.807) is 61.7 Å². The van der Waals surface area contributed by atoms with Crippen molar-refractivity contribution in [2.75, 3.05) is 19.1 Å². The number of aliphatic hydroxyl groups is 1. The van der Waals surface area contributed by atoms with Crippen molar-refractivity contribution in [3.8, 4) is 11.5 Å². The van der Waals surface area contributed by atoms with Crippen molar-refractivity contribution in [3.05, 3.63) is 83.7 Å². The Bertz CT molecular complexity index is 1140. The van der Waals surface area contributed by atoms with Crippen molar-refractivity contribution in [2.45, 2.75) is 6.04 Å². The molecule has 0 radical (unpaired) electrons. The predicted octanol–water partition coefficient (Wildman–Crippen LogP) is 3.12. The molecule has 1 atom stereocenters. The van der Waals surface area contributed by atoms with Crippen LogP contribution in [0.15, 0.2) is 72.6 Å². The number of aliphatic hydroxyl groups excluding tert-OH is 1. The van der Waals surface area contributed by atoms with E-state index in [0.717, 1.165) is 0 Å². The fourth-order valence-electron chi connectivity index (χ4n) is 3.46. The average molecular weight is 417 g/mol. The number of nitrogens with zero attached hydrogens (tertiary/aromatic N) is 3. The van der Waals surface area contributed by atoms with Crippen LogP contribution in [0.5, 0.6) is 11.5 Å². The maximum absolute atomic E-state index is 13.0. The average Bonchev–Trinajstić information content (AvgIpc) is 3.09. The molecule has 0 bridgehead atoms. The molecule has 1 aliphatic heterocycles. The van der Waals surface area contributed by atoms with Crippen molar-refractivity contribution >= 4 is 23.4 Å². The molecule has 0 spiro atoms. The van der Waals surface area contributed by atoms with E-state index in [9.17, 15) is 14.7 Å². The van der Waals surface area contributed by atoms with Crippen LogP contribution in [-0.4, -0.2) is 41.0 Å². The quantitative estimate of drug-likeness (QED) is 0.387. The van der Waals surface area contributed by atoms with Crippen LogP contribution in [-0.2, 0) is 9.59 Å². The van der Waals surface area contributed by atoms with Gasteiger partial charge in [-0.2, -0.15) is 0 Å². The van der Waals surface area contributed by atoms with Crippen LogP contribution in [0.3, 0.4) is 0 Å². The van der Waals surface area contributed by atoms with Crippen LogP contribution in [0.25, 0.3) is 5.76 Å². The van der Waals surface area contributed by atoms with Gasteiger partial charge in [0.15, 0.2) is 0 Å².